The normalized spacial score (nSPS) is 19.2. The maximum atomic E-state index is 12.2. The van der Waals surface area contributed by atoms with Gasteiger partial charge < -0.3 is 10.3 Å². The van der Waals surface area contributed by atoms with Crippen LogP contribution in [-0.2, 0) is 0 Å². The van der Waals surface area contributed by atoms with E-state index in [1.54, 1.807) is 0 Å². The molecule has 1 saturated heterocycles. The second-order valence-electron chi connectivity index (χ2n) is 4.69. The highest BCUT2D eigenvalue weighted by Crippen LogP contribution is 2.23. The third-order valence-corrected chi connectivity index (χ3v) is 4.64. The van der Waals surface area contributed by atoms with E-state index in [4.69, 9.17) is 0 Å². The molecule has 1 fully saturated rings. The molecule has 1 aliphatic rings. The number of thioether (sulfide) groups is 1. The van der Waals surface area contributed by atoms with Crippen molar-refractivity contribution in [3.05, 3.63) is 36.0 Å². The first-order chi connectivity index (χ1) is 8.84. The highest BCUT2D eigenvalue weighted by molar-refractivity contribution is 7.99. The van der Waals surface area contributed by atoms with E-state index in [0.717, 1.165) is 23.0 Å². The summed E-state index contributed by atoms with van der Waals surface area (Å²) < 4.78 is 0. The van der Waals surface area contributed by atoms with Gasteiger partial charge in [-0.2, -0.15) is 11.8 Å². The average Bonchev–Trinajstić information content (AvgIpc) is 3.05. The molecule has 0 aliphatic carbocycles. The fourth-order valence-corrected chi connectivity index (χ4v) is 3.64. The molecule has 2 aromatic rings. The molecule has 18 heavy (non-hydrogen) atoms. The van der Waals surface area contributed by atoms with Crippen molar-refractivity contribution in [3.63, 3.8) is 0 Å². The summed E-state index contributed by atoms with van der Waals surface area (Å²) in [5.41, 5.74) is 1.67. The molecule has 1 aromatic heterocycles. The predicted molar refractivity (Wildman–Crippen MR) is 76.1 cm³/mol. The number of benzene rings is 1. The molecule has 1 aliphatic heterocycles. The van der Waals surface area contributed by atoms with Crippen molar-refractivity contribution >= 4 is 28.6 Å². The van der Waals surface area contributed by atoms with Crippen LogP contribution in [0.4, 0.5) is 0 Å². The average molecular weight is 260 g/mol. The van der Waals surface area contributed by atoms with Gasteiger partial charge >= 0.3 is 0 Å². The number of aromatic nitrogens is 1. The molecule has 3 nitrogen and oxygen atoms in total. The Morgan fingerprint density at radius 3 is 3.22 bits per heavy atom. The minimum Gasteiger partial charge on any atom is -0.361 e. The monoisotopic (exact) mass is 260 g/mol. The Morgan fingerprint density at radius 2 is 2.39 bits per heavy atom. The number of nitrogens with one attached hydrogen (secondary N) is 2. The van der Waals surface area contributed by atoms with Gasteiger partial charge in [0.25, 0.3) is 5.91 Å². The van der Waals surface area contributed by atoms with Crippen LogP contribution in [-0.4, -0.2) is 28.9 Å². The third kappa shape index (κ3) is 2.25. The van der Waals surface area contributed by atoms with E-state index >= 15 is 0 Å². The van der Waals surface area contributed by atoms with Crippen LogP contribution >= 0.6 is 11.8 Å². The van der Waals surface area contributed by atoms with Crippen molar-refractivity contribution < 1.29 is 4.79 Å². The van der Waals surface area contributed by atoms with Gasteiger partial charge in [-0.15, -0.1) is 0 Å². The zero-order valence-electron chi connectivity index (χ0n) is 10.1. The summed E-state index contributed by atoms with van der Waals surface area (Å²) in [5.74, 6) is 3.07. The van der Waals surface area contributed by atoms with Crippen molar-refractivity contribution in [2.45, 2.75) is 6.42 Å². The Hall–Kier alpha value is -1.42. The molecule has 1 atom stereocenters. The van der Waals surface area contributed by atoms with Gasteiger partial charge in [-0.3, -0.25) is 4.79 Å². The molecule has 2 heterocycles. The van der Waals surface area contributed by atoms with Crippen LogP contribution in [0.2, 0.25) is 0 Å². The largest absolute Gasteiger partial charge is 0.361 e. The molecule has 0 saturated carbocycles. The van der Waals surface area contributed by atoms with E-state index < -0.39 is 0 Å². The second-order valence-corrected chi connectivity index (χ2v) is 5.84. The summed E-state index contributed by atoms with van der Waals surface area (Å²) in [6.07, 6.45) is 3.09. The van der Waals surface area contributed by atoms with Gasteiger partial charge in [0.05, 0.1) is 11.1 Å². The highest BCUT2D eigenvalue weighted by Gasteiger charge is 2.17. The summed E-state index contributed by atoms with van der Waals surface area (Å²) >= 11 is 1.98. The van der Waals surface area contributed by atoms with Crippen LogP contribution in [0.5, 0.6) is 0 Å². The SMILES string of the molecule is O=C(NCC1CCSC1)c1cccc2cc[nH]c12. The number of aromatic amines is 1. The lowest BCUT2D eigenvalue weighted by Crippen LogP contribution is -2.29. The molecule has 1 aromatic carbocycles. The molecule has 3 rings (SSSR count). The van der Waals surface area contributed by atoms with Gasteiger partial charge in [0, 0.05) is 18.1 Å². The first-order valence-electron chi connectivity index (χ1n) is 6.26. The fourth-order valence-electron chi connectivity index (χ4n) is 2.35. The van der Waals surface area contributed by atoms with Gasteiger partial charge in [0.2, 0.25) is 0 Å². The van der Waals surface area contributed by atoms with Crippen LogP contribution in [0.25, 0.3) is 10.9 Å². The molecule has 0 bridgehead atoms. The lowest BCUT2D eigenvalue weighted by Gasteiger charge is -2.10. The number of carbonyl (C=O) groups is 1. The Balaban J connectivity index is 1.73. The van der Waals surface area contributed by atoms with Gasteiger partial charge in [0.15, 0.2) is 0 Å². The van der Waals surface area contributed by atoms with Crippen LogP contribution < -0.4 is 5.32 Å². The summed E-state index contributed by atoms with van der Waals surface area (Å²) in [6, 6.07) is 7.80. The van der Waals surface area contributed by atoms with Crippen LogP contribution in [0.15, 0.2) is 30.5 Å². The molecular formula is C14H16N2OS. The molecule has 1 unspecified atom stereocenters. The number of para-hydroxylation sites is 1. The van der Waals surface area contributed by atoms with E-state index in [0.29, 0.717) is 5.92 Å². The molecule has 4 heteroatoms. The van der Waals surface area contributed by atoms with Gasteiger partial charge in [-0.25, -0.2) is 0 Å². The predicted octanol–water partition coefficient (Wildman–Crippen LogP) is 2.65. The van der Waals surface area contributed by atoms with Crippen molar-refractivity contribution in [1.29, 1.82) is 0 Å². The van der Waals surface area contributed by atoms with Crippen molar-refractivity contribution in [2.75, 3.05) is 18.1 Å². The maximum absolute atomic E-state index is 12.2. The highest BCUT2D eigenvalue weighted by atomic mass is 32.2. The molecule has 2 N–H and O–H groups in total. The van der Waals surface area contributed by atoms with E-state index in [2.05, 4.69) is 10.3 Å². The standard InChI is InChI=1S/C14H16N2OS/c17-14(16-8-10-5-7-18-9-10)12-3-1-2-11-4-6-15-13(11)12/h1-4,6,10,15H,5,7-9H2,(H,16,17). The van der Waals surface area contributed by atoms with Crippen molar-refractivity contribution in [2.24, 2.45) is 5.92 Å². The first kappa shape index (κ1) is 11.7. The minimum absolute atomic E-state index is 0.0277. The zero-order chi connectivity index (χ0) is 12.4. The second kappa shape index (κ2) is 5.06. The summed E-state index contributed by atoms with van der Waals surface area (Å²) in [5, 5.41) is 4.13. The Labute approximate surface area is 110 Å². The quantitative estimate of drug-likeness (QED) is 0.891. The first-order valence-corrected chi connectivity index (χ1v) is 7.42. The van der Waals surface area contributed by atoms with Crippen LogP contribution in [0, 0.1) is 5.92 Å². The lowest BCUT2D eigenvalue weighted by atomic mass is 10.1. The molecule has 94 valence electrons. The van der Waals surface area contributed by atoms with Gasteiger partial charge in [0.1, 0.15) is 0 Å². The summed E-state index contributed by atoms with van der Waals surface area (Å²) in [6.45, 7) is 0.795. The maximum Gasteiger partial charge on any atom is 0.253 e. The number of rotatable bonds is 3. The van der Waals surface area contributed by atoms with Crippen molar-refractivity contribution in [3.8, 4) is 0 Å². The van der Waals surface area contributed by atoms with Gasteiger partial charge in [-0.05, 0) is 36.0 Å². The lowest BCUT2D eigenvalue weighted by molar-refractivity contribution is 0.0950. The molecule has 0 radical (unpaired) electrons. The number of hydrogen-bond acceptors (Lipinski definition) is 2. The summed E-state index contributed by atoms with van der Waals surface area (Å²) in [7, 11) is 0. The minimum atomic E-state index is 0.0277. The van der Waals surface area contributed by atoms with E-state index in [1.165, 1.54) is 17.9 Å². The number of carbonyl (C=O) groups excluding carboxylic acids is 1. The number of hydrogen-bond donors (Lipinski definition) is 2. The number of amides is 1. The van der Waals surface area contributed by atoms with E-state index in [-0.39, 0.29) is 5.91 Å². The Bertz CT molecular complexity index is 558. The third-order valence-electron chi connectivity index (χ3n) is 3.41. The fraction of sp³-hybridized carbons (Fsp3) is 0.357. The van der Waals surface area contributed by atoms with E-state index in [1.807, 2.05) is 42.2 Å². The van der Waals surface area contributed by atoms with Crippen LogP contribution in [0.1, 0.15) is 16.8 Å². The molecule has 1 amide bonds. The van der Waals surface area contributed by atoms with Gasteiger partial charge in [-0.1, -0.05) is 12.1 Å². The molecular weight excluding hydrogens is 244 g/mol. The Kier molecular flexibility index (Phi) is 3.28. The summed E-state index contributed by atoms with van der Waals surface area (Å²) in [4.78, 5) is 15.3. The molecule has 0 spiro atoms. The Morgan fingerprint density at radius 1 is 1.44 bits per heavy atom. The smallest absolute Gasteiger partial charge is 0.253 e. The van der Waals surface area contributed by atoms with E-state index in [9.17, 15) is 4.79 Å². The zero-order valence-corrected chi connectivity index (χ0v) is 10.9. The number of fused-ring (bicyclic) bond motifs is 1. The number of H-pyrrole nitrogens is 1. The topological polar surface area (TPSA) is 44.9 Å². The van der Waals surface area contributed by atoms with Crippen molar-refractivity contribution in [1.82, 2.24) is 10.3 Å². The van der Waals surface area contributed by atoms with Crippen LogP contribution in [0.3, 0.4) is 0 Å².